The maximum Gasteiger partial charge on any atom is 0.0460 e. The highest BCUT2D eigenvalue weighted by Crippen LogP contribution is 2.25. The summed E-state index contributed by atoms with van der Waals surface area (Å²) >= 11 is 0. The van der Waals surface area contributed by atoms with Crippen LogP contribution in [0, 0.1) is 6.92 Å². The molecule has 1 unspecified atom stereocenters. The normalized spacial score (nSPS) is 13.5. The van der Waals surface area contributed by atoms with Crippen LogP contribution >= 0.6 is 0 Å². The van der Waals surface area contributed by atoms with Gasteiger partial charge in [-0.3, -0.25) is 0 Å². The molecule has 0 spiro atoms. The van der Waals surface area contributed by atoms with Gasteiger partial charge in [0.05, 0.1) is 0 Å². The largest absolute Gasteiger partial charge is 0.361 e. The van der Waals surface area contributed by atoms with Crippen molar-refractivity contribution < 1.29 is 0 Å². The lowest BCUT2D eigenvalue weighted by molar-refractivity contribution is 0.826. The van der Waals surface area contributed by atoms with Gasteiger partial charge < -0.3 is 10.7 Å². The van der Waals surface area contributed by atoms with E-state index in [0.717, 1.165) is 0 Å². The average Bonchev–Trinajstić information content (AvgIpc) is 2.48. The van der Waals surface area contributed by atoms with Crippen LogP contribution in [0.15, 0.2) is 24.4 Å². The minimum atomic E-state index is 0.0956. The average molecular weight is 174 g/mol. The first-order valence-corrected chi connectivity index (χ1v) is 4.52. The van der Waals surface area contributed by atoms with E-state index in [4.69, 9.17) is 5.73 Å². The molecule has 0 fully saturated rings. The Balaban J connectivity index is 2.80. The van der Waals surface area contributed by atoms with Crippen LogP contribution in [-0.2, 0) is 0 Å². The van der Waals surface area contributed by atoms with Crippen LogP contribution in [0.1, 0.15) is 24.1 Å². The minimum absolute atomic E-state index is 0.0956. The van der Waals surface area contributed by atoms with E-state index in [0.29, 0.717) is 0 Å². The highest BCUT2D eigenvalue weighted by atomic mass is 14.7. The van der Waals surface area contributed by atoms with Crippen molar-refractivity contribution in [3.8, 4) is 0 Å². The van der Waals surface area contributed by atoms with E-state index in [1.54, 1.807) is 0 Å². The number of nitrogens with two attached hydrogens (primary N) is 1. The smallest absolute Gasteiger partial charge is 0.0460 e. The van der Waals surface area contributed by atoms with E-state index in [9.17, 15) is 0 Å². The zero-order chi connectivity index (χ0) is 9.42. The van der Waals surface area contributed by atoms with E-state index in [1.807, 2.05) is 19.2 Å². The fourth-order valence-electron chi connectivity index (χ4n) is 1.77. The fraction of sp³-hybridized carbons (Fsp3) is 0.273. The number of hydrogen-bond donors (Lipinski definition) is 2. The molecule has 0 bridgehead atoms. The minimum Gasteiger partial charge on any atom is -0.361 e. The van der Waals surface area contributed by atoms with E-state index < -0.39 is 0 Å². The van der Waals surface area contributed by atoms with Crippen molar-refractivity contribution in [1.82, 2.24) is 4.98 Å². The summed E-state index contributed by atoms with van der Waals surface area (Å²) in [6.45, 7) is 4.12. The molecule has 1 atom stereocenters. The second kappa shape index (κ2) is 2.89. The second-order valence-corrected chi connectivity index (χ2v) is 3.53. The van der Waals surface area contributed by atoms with Gasteiger partial charge in [-0.2, -0.15) is 0 Å². The third-order valence-electron chi connectivity index (χ3n) is 2.43. The zero-order valence-corrected chi connectivity index (χ0v) is 7.96. The van der Waals surface area contributed by atoms with Gasteiger partial charge in [0.1, 0.15) is 0 Å². The van der Waals surface area contributed by atoms with Crippen LogP contribution in [-0.4, -0.2) is 4.98 Å². The van der Waals surface area contributed by atoms with Gasteiger partial charge in [0.25, 0.3) is 0 Å². The van der Waals surface area contributed by atoms with Gasteiger partial charge in [-0.15, -0.1) is 0 Å². The third-order valence-corrected chi connectivity index (χ3v) is 2.43. The van der Waals surface area contributed by atoms with Crippen molar-refractivity contribution in [2.24, 2.45) is 5.73 Å². The van der Waals surface area contributed by atoms with Gasteiger partial charge in [-0.25, -0.2) is 0 Å². The third kappa shape index (κ3) is 1.23. The summed E-state index contributed by atoms with van der Waals surface area (Å²) in [4.78, 5) is 3.23. The molecule has 0 saturated heterocycles. The number of H-pyrrole nitrogens is 1. The van der Waals surface area contributed by atoms with E-state index in [1.165, 1.54) is 22.0 Å². The highest BCUT2D eigenvalue weighted by molar-refractivity contribution is 5.86. The van der Waals surface area contributed by atoms with Crippen molar-refractivity contribution in [2.75, 3.05) is 0 Å². The maximum absolute atomic E-state index is 5.89. The Bertz CT molecular complexity index is 427. The van der Waals surface area contributed by atoms with Crippen molar-refractivity contribution in [2.45, 2.75) is 19.9 Å². The summed E-state index contributed by atoms with van der Waals surface area (Å²) in [6.07, 6.45) is 2.02. The Morgan fingerprint density at radius 1 is 1.38 bits per heavy atom. The number of hydrogen-bond acceptors (Lipinski definition) is 1. The molecule has 0 aliphatic carbocycles. The van der Waals surface area contributed by atoms with Crippen LogP contribution in [0.5, 0.6) is 0 Å². The van der Waals surface area contributed by atoms with Crippen LogP contribution in [0.2, 0.25) is 0 Å². The van der Waals surface area contributed by atoms with Gasteiger partial charge >= 0.3 is 0 Å². The molecule has 0 aliphatic rings. The topological polar surface area (TPSA) is 41.8 Å². The molecule has 1 aromatic carbocycles. The molecule has 3 N–H and O–H groups in total. The highest BCUT2D eigenvalue weighted by Gasteiger charge is 2.07. The standard InChI is InChI=1S/C11H14N2/c1-7-6-13-10-5-3-4-9(8(2)12)11(7)10/h3-6,8,13H,12H2,1-2H3. The van der Waals surface area contributed by atoms with Crippen LogP contribution < -0.4 is 5.73 Å². The van der Waals surface area contributed by atoms with E-state index in [2.05, 4.69) is 24.0 Å². The fourth-order valence-corrected chi connectivity index (χ4v) is 1.77. The lowest BCUT2D eigenvalue weighted by atomic mass is 10.0. The number of aryl methyl sites for hydroxylation is 1. The van der Waals surface area contributed by atoms with E-state index in [-0.39, 0.29) is 6.04 Å². The SMILES string of the molecule is Cc1c[nH]c2cccc(C(C)N)c12. The van der Waals surface area contributed by atoms with Crippen molar-refractivity contribution >= 4 is 10.9 Å². The first kappa shape index (κ1) is 8.32. The molecule has 2 aromatic rings. The molecule has 2 nitrogen and oxygen atoms in total. The molecular weight excluding hydrogens is 160 g/mol. The Hall–Kier alpha value is -1.28. The molecule has 13 heavy (non-hydrogen) atoms. The quantitative estimate of drug-likeness (QED) is 0.685. The summed E-state index contributed by atoms with van der Waals surface area (Å²) in [5, 5.41) is 1.28. The summed E-state index contributed by atoms with van der Waals surface area (Å²) in [6, 6.07) is 6.30. The lowest BCUT2D eigenvalue weighted by Gasteiger charge is -2.07. The number of fused-ring (bicyclic) bond motifs is 1. The Labute approximate surface area is 77.8 Å². The monoisotopic (exact) mass is 174 g/mol. The van der Waals surface area contributed by atoms with Gasteiger partial charge in [0.2, 0.25) is 0 Å². The molecule has 0 amide bonds. The lowest BCUT2D eigenvalue weighted by Crippen LogP contribution is -2.05. The first-order valence-electron chi connectivity index (χ1n) is 4.52. The van der Waals surface area contributed by atoms with Gasteiger partial charge in [-0.1, -0.05) is 12.1 Å². The Kier molecular flexibility index (Phi) is 1.85. The van der Waals surface area contributed by atoms with Gasteiger partial charge in [-0.05, 0) is 31.0 Å². The van der Waals surface area contributed by atoms with Crippen molar-refractivity contribution in [3.05, 3.63) is 35.5 Å². The molecular formula is C11H14N2. The summed E-state index contributed by atoms with van der Waals surface area (Å²) in [5.41, 5.74) is 9.55. The molecule has 0 radical (unpaired) electrons. The first-order chi connectivity index (χ1) is 6.20. The van der Waals surface area contributed by atoms with Crippen molar-refractivity contribution in [3.63, 3.8) is 0 Å². The van der Waals surface area contributed by atoms with Gasteiger partial charge in [0, 0.05) is 23.1 Å². The molecule has 68 valence electrons. The van der Waals surface area contributed by atoms with Gasteiger partial charge in [0.15, 0.2) is 0 Å². The number of rotatable bonds is 1. The number of nitrogens with one attached hydrogen (secondary N) is 1. The molecule has 0 saturated carbocycles. The number of aromatic amines is 1. The number of benzene rings is 1. The molecule has 2 heteroatoms. The zero-order valence-electron chi connectivity index (χ0n) is 7.96. The van der Waals surface area contributed by atoms with Crippen LogP contribution in [0.25, 0.3) is 10.9 Å². The molecule has 1 heterocycles. The Morgan fingerprint density at radius 2 is 2.15 bits per heavy atom. The summed E-state index contributed by atoms with van der Waals surface area (Å²) in [5.74, 6) is 0. The molecule has 2 rings (SSSR count). The maximum atomic E-state index is 5.89. The van der Waals surface area contributed by atoms with Crippen LogP contribution in [0.4, 0.5) is 0 Å². The predicted molar refractivity (Wildman–Crippen MR) is 55.6 cm³/mol. The Morgan fingerprint density at radius 3 is 2.85 bits per heavy atom. The molecule has 1 aromatic heterocycles. The van der Waals surface area contributed by atoms with Crippen LogP contribution in [0.3, 0.4) is 0 Å². The van der Waals surface area contributed by atoms with Crippen molar-refractivity contribution in [1.29, 1.82) is 0 Å². The second-order valence-electron chi connectivity index (χ2n) is 3.53. The molecule has 0 aliphatic heterocycles. The number of aromatic nitrogens is 1. The van der Waals surface area contributed by atoms with E-state index >= 15 is 0 Å². The summed E-state index contributed by atoms with van der Waals surface area (Å²) in [7, 11) is 0. The summed E-state index contributed by atoms with van der Waals surface area (Å²) < 4.78 is 0. The predicted octanol–water partition coefficient (Wildman–Crippen LogP) is 2.50.